The Labute approximate surface area is 162 Å². The highest BCUT2D eigenvalue weighted by Crippen LogP contribution is 2.13. The van der Waals surface area contributed by atoms with Crippen molar-refractivity contribution in [1.29, 1.82) is 0 Å². The fraction of sp³-hybridized carbons (Fsp3) is 0.955. The first-order chi connectivity index (χ1) is 12.5. The van der Waals surface area contributed by atoms with Crippen molar-refractivity contribution in [2.24, 2.45) is 0 Å². The van der Waals surface area contributed by atoms with E-state index in [1.807, 2.05) is 14.1 Å². The molecule has 0 aliphatic carbocycles. The van der Waals surface area contributed by atoms with Crippen molar-refractivity contribution < 1.29 is 19.1 Å². The highest BCUT2D eigenvalue weighted by atomic mass is 16.5. The van der Waals surface area contributed by atoms with Gasteiger partial charge in [-0.2, -0.15) is 0 Å². The number of quaternary nitrogens is 1. The molecule has 0 rings (SSSR count). The Morgan fingerprint density at radius 2 is 1.23 bits per heavy atom. The Morgan fingerprint density at radius 1 is 0.769 bits per heavy atom. The molecule has 0 fully saturated rings. The molecule has 0 bridgehead atoms. The first kappa shape index (κ1) is 25.4. The molecule has 0 aliphatic heterocycles. The van der Waals surface area contributed by atoms with Gasteiger partial charge in [-0.05, 0) is 6.42 Å². The number of carbonyl (C=O) groups excluding carboxylic acids is 1. The molecule has 4 nitrogen and oxygen atoms in total. The predicted molar refractivity (Wildman–Crippen MR) is 110 cm³/mol. The smallest absolute Gasteiger partial charge is 0.305 e. The van der Waals surface area contributed by atoms with E-state index >= 15 is 0 Å². The van der Waals surface area contributed by atoms with Crippen molar-refractivity contribution in [2.75, 3.05) is 40.4 Å². The molecule has 0 amide bonds. The van der Waals surface area contributed by atoms with Crippen LogP contribution in [0, 0.1) is 0 Å². The van der Waals surface area contributed by atoms with Gasteiger partial charge in [-0.1, -0.05) is 84.0 Å². The summed E-state index contributed by atoms with van der Waals surface area (Å²) in [4.78, 5) is 11.7. The maximum atomic E-state index is 11.7. The van der Waals surface area contributed by atoms with Crippen LogP contribution in [0.15, 0.2) is 0 Å². The van der Waals surface area contributed by atoms with Crippen LogP contribution >= 0.6 is 0 Å². The van der Waals surface area contributed by atoms with Gasteiger partial charge in [0.25, 0.3) is 0 Å². The lowest BCUT2D eigenvalue weighted by molar-refractivity contribution is -0.890. The second-order valence-corrected chi connectivity index (χ2v) is 8.32. The minimum absolute atomic E-state index is 0.0722. The van der Waals surface area contributed by atoms with Gasteiger partial charge in [0, 0.05) is 6.42 Å². The van der Waals surface area contributed by atoms with Crippen molar-refractivity contribution in [3.05, 3.63) is 0 Å². The van der Waals surface area contributed by atoms with E-state index in [2.05, 4.69) is 6.92 Å². The van der Waals surface area contributed by atoms with Gasteiger partial charge in [-0.15, -0.1) is 0 Å². The lowest BCUT2D eigenvalue weighted by Crippen LogP contribution is -2.44. The van der Waals surface area contributed by atoms with E-state index in [-0.39, 0.29) is 12.6 Å². The molecule has 4 heteroatoms. The maximum absolute atomic E-state index is 11.7. The van der Waals surface area contributed by atoms with Crippen LogP contribution in [0.5, 0.6) is 0 Å². The SMILES string of the molecule is CCCCCCCCCCCCCCCC(=O)OCC[N+](C)(C)CCO. The largest absolute Gasteiger partial charge is 0.460 e. The number of likely N-dealkylation sites (N-methyl/N-ethyl adjacent to an activating group) is 1. The number of rotatable bonds is 19. The summed E-state index contributed by atoms with van der Waals surface area (Å²) in [6, 6.07) is 0. The average Bonchev–Trinajstić information content (AvgIpc) is 2.58. The molecule has 0 saturated heterocycles. The first-order valence-corrected chi connectivity index (χ1v) is 11.1. The fourth-order valence-electron chi connectivity index (χ4n) is 3.15. The highest BCUT2D eigenvalue weighted by Gasteiger charge is 2.14. The molecule has 0 heterocycles. The Morgan fingerprint density at radius 3 is 1.69 bits per heavy atom. The van der Waals surface area contributed by atoms with Crippen LogP contribution in [0.1, 0.15) is 96.8 Å². The minimum atomic E-state index is -0.0722. The first-order valence-electron chi connectivity index (χ1n) is 11.1. The molecule has 0 aliphatic rings. The summed E-state index contributed by atoms with van der Waals surface area (Å²) < 4.78 is 5.98. The van der Waals surface area contributed by atoms with Gasteiger partial charge in [-0.25, -0.2) is 0 Å². The van der Waals surface area contributed by atoms with Crippen molar-refractivity contribution in [1.82, 2.24) is 0 Å². The second kappa shape index (κ2) is 17.8. The molecule has 26 heavy (non-hydrogen) atoms. The molecule has 0 aromatic rings. The van der Waals surface area contributed by atoms with E-state index in [0.29, 0.717) is 24.1 Å². The zero-order valence-electron chi connectivity index (χ0n) is 17.9. The molecule has 0 saturated carbocycles. The predicted octanol–water partition coefficient (Wildman–Crippen LogP) is 5.08. The number of hydrogen-bond donors (Lipinski definition) is 1. The van der Waals surface area contributed by atoms with Gasteiger partial charge < -0.3 is 14.3 Å². The normalized spacial score (nSPS) is 11.7. The van der Waals surface area contributed by atoms with Gasteiger partial charge in [-0.3, -0.25) is 4.79 Å². The zero-order valence-corrected chi connectivity index (χ0v) is 17.9. The van der Waals surface area contributed by atoms with Crippen LogP contribution in [0.2, 0.25) is 0 Å². The number of aliphatic hydroxyl groups excluding tert-OH is 1. The number of nitrogens with zero attached hydrogens (tertiary/aromatic N) is 1. The number of hydrogen-bond acceptors (Lipinski definition) is 3. The molecule has 1 N–H and O–H groups in total. The van der Waals surface area contributed by atoms with E-state index < -0.39 is 0 Å². The number of esters is 1. The van der Waals surface area contributed by atoms with E-state index in [1.54, 1.807) is 0 Å². The number of carbonyl (C=O) groups is 1. The van der Waals surface area contributed by atoms with E-state index in [4.69, 9.17) is 9.84 Å². The lowest BCUT2D eigenvalue weighted by Gasteiger charge is -2.28. The highest BCUT2D eigenvalue weighted by molar-refractivity contribution is 5.69. The fourth-order valence-corrected chi connectivity index (χ4v) is 3.15. The monoisotopic (exact) mass is 372 g/mol. The Bertz CT molecular complexity index is 319. The molecule has 156 valence electrons. The summed E-state index contributed by atoms with van der Waals surface area (Å²) in [5.41, 5.74) is 0. The summed E-state index contributed by atoms with van der Waals surface area (Å²) in [6.45, 7) is 4.33. The van der Waals surface area contributed by atoms with Crippen LogP contribution in [0.3, 0.4) is 0 Å². The molecule has 0 aromatic carbocycles. The minimum Gasteiger partial charge on any atom is -0.460 e. The van der Waals surface area contributed by atoms with Gasteiger partial charge >= 0.3 is 5.97 Å². The third kappa shape index (κ3) is 18.2. The standard InChI is InChI=1S/C22H46NO3/c1-4-5-6-7-8-9-10-11-12-13-14-15-16-17-22(25)26-21-19-23(2,3)18-20-24/h24H,4-21H2,1-3H3/q+1. The molecular formula is C22H46NO3+. The van der Waals surface area contributed by atoms with Crippen LogP contribution in [-0.2, 0) is 9.53 Å². The molecule has 0 aromatic heterocycles. The zero-order chi connectivity index (χ0) is 19.5. The number of aliphatic hydroxyl groups is 1. The summed E-state index contributed by atoms with van der Waals surface area (Å²) in [5, 5.41) is 8.97. The molecule has 0 atom stereocenters. The summed E-state index contributed by atoms with van der Waals surface area (Å²) in [7, 11) is 4.08. The molecular weight excluding hydrogens is 326 g/mol. The maximum Gasteiger partial charge on any atom is 0.305 e. The van der Waals surface area contributed by atoms with E-state index in [9.17, 15) is 4.79 Å². The Kier molecular flexibility index (Phi) is 17.4. The third-order valence-electron chi connectivity index (χ3n) is 5.15. The van der Waals surface area contributed by atoms with Crippen LogP contribution in [-0.4, -0.2) is 56.0 Å². The molecule has 0 unspecified atom stereocenters. The van der Waals surface area contributed by atoms with Crippen molar-refractivity contribution in [3.63, 3.8) is 0 Å². The van der Waals surface area contributed by atoms with Crippen molar-refractivity contribution in [2.45, 2.75) is 96.8 Å². The second-order valence-electron chi connectivity index (χ2n) is 8.32. The van der Waals surface area contributed by atoms with Crippen LogP contribution in [0.4, 0.5) is 0 Å². The van der Waals surface area contributed by atoms with Crippen LogP contribution in [0.25, 0.3) is 0 Å². The lowest BCUT2D eigenvalue weighted by atomic mass is 10.0. The van der Waals surface area contributed by atoms with Crippen LogP contribution < -0.4 is 0 Å². The molecule has 0 radical (unpaired) electrons. The summed E-state index contributed by atoms with van der Waals surface area (Å²) in [6.07, 6.45) is 17.7. The van der Waals surface area contributed by atoms with Crippen molar-refractivity contribution in [3.8, 4) is 0 Å². The van der Waals surface area contributed by atoms with Crippen molar-refractivity contribution >= 4 is 5.97 Å². The Hall–Kier alpha value is -0.610. The van der Waals surface area contributed by atoms with Gasteiger partial charge in [0.1, 0.15) is 19.7 Å². The van der Waals surface area contributed by atoms with Gasteiger partial charge in [0.05, 0.1) is 20.7 Å². The van der Waals surface area contributed by atoms with Gasteiger partial charge in [0.15, 0.2) is 0 Å². The molecule has 0 spiro atoms. The topological polar surface area (TPSA) is 46.5 Å². The van der Waals surface area contributed by atoms with E-state index in [0.717, 1.165) is 19.4 Å². The van der Waals surface area contributed by atoms with E-state index in [1.165, 1.54) is 70.6 Å². The number of ether oxygens (including phenoxy) is 1. The van der Waals surface area contributed by atoms with Gasteiger partial charge in [0.2, 0.25) is 0 Å². The quantitative estimate of drug-likeness (QED) is 0.195. The summed E-state index contributed by atoms with van der Waals surface area (Å²) in [5.74, 6) is -0.0722. The average molecular weight is 373 g/mol. The Balaban J connectivity index is 3.28. The third-order valence-corrected chi connectivity index (χ3v) is 5.15. The summed E-state index contributed by atoms with van der Waals surface area (Å²) >= 11 is 0. The number of unbranched alkanes of at least 4 members (excludes halogenated alkanes) is 12.